The van der Waals surface area contributed by atoms with Gasteiger partial charge in [0.1, 0.15) is 46.0 Å². The molecule has 9 heavy (non-hydrogen) atoms. The highest BCUT2D eigenvalue weighted by atomic mass is 127. The van der Waals surface area contributed by atoms with Gasteiger partial charge in [-0.3, -0.25) is 0 Å². The first-order valence-corrected chi connectivity index (χ1v) is 4.49. The highest BCUT2D eigenvalue weighted by molar-refractivity contribution is 14.1. The maximum atomic E-state index is 5.09. The fraction of sp³-hybridized carbons (Fsp3) is 1.00. The molecule has 0 fully saturated rings. The van der Waals surface area contributed by atoms with Crippen LogP contribution >= 0.6 is 46.0 Å². The Morgan fingerprint density at radius 3 is 2.00 bits per heavy atom. The Labute approximate surface area is 84.1 Å². The molecule has 0 aliphatic rings. The van der Waals surface area contributed by atoms with Crippen molar-refractivity contribution in [3.05, 3.63) is 0 Å². The van der Waals surface area contributed by atoms with Crippen LogP contribution in [0, 0.1) is 5.92 Å². The molecule has 2 nitrogen and oxygen atoms in total. The van der Waals surface area contributed by atoms with Gasteiger partial charge in [-0.25, -0.2) is 0 Å². The summed E-state index contributed by atoms with van der Waals surface area (Å²) in [5, 5.41) is 0. The van der Waals surface area contributed by atoms with Gasteiger partial charge in [0.25, 0.3) is 0 Å². The van der Waals surface area contributed by atoms with E-state index in [-0.39, 0.29) is 6.10 Å². The van der Waals surface area contributed by atoms with Gasteiger partial charge in [-0.15, -0.1) is 0 Å². The number of halogens is 2. The van der Waals surface area contributed by atoms with Crippen LogP contribution < -0.4 is 0 Å². The van der Waals surface area contributed by atoms with E-state index in [1.807, 2.05) is 46.0 Å². The van der Waals surface area contributed by atoms with Crippen LogP contribution in [-0.2, 0) is 6.13 Å². The van der Waals surface area contributed by atoms with Crippen molar-refractivity contribution in [1.82, 2.24) is 0 Å². The van der Waals surface area contributed by atoms with Crippen molar-refractivity contribution >= 4 is 46.0 Å². The normalized spacial score (nSPS) is 14.3. The average molecular weight is 356 g/mol. The van der Waals surface area contributed by atoms with E-state index >= 15 is 0 Å². The molecule has 0 bridgehead atoms. The number of hydrogen-bond acceptors (Lipinski definition) is 2. The minimum absolute atomic E-state index is 0.225. The fourth-order valence-corrected chi connectivity index (χ4v) is 1.47. The Balaban J connectivity index is 3.41. The predicted octanol–water partition coefficient (Wildman–Crippen LogP) is 2.74. The van der Waals surface area contributed by atoms with Crippen LogP contribution in [0.4, 0.5) is 0 Å². The summed E-state index contributed by atoms with van der Waals surface area (Å²) in [5.74, 6) is 0.525. The quantitative estimate of drug-likeness (QED) is 0.722. The van der Waals surface area contributed by atoms with Crippen LogP contribution in [0.2, 0.25) is 0 Å². The van der Waals surface area contributed by atoms with E-state index in [2.05, 4.69) is 13.8 Å². The van der Waals surface area contributed by atoms with Crippen LogP contribution in [0.15, 0.2) is 0 Å². The van der Waals surface area contributed by atoms with Gasteiger partial charge in [0, 0.05) is 0 Å². The topological polar surface area (TPSA) is 18.5 Å². The molecule has 0 heterocycles. The molecule has 0 aromatic carbocycles. The maximum Gasteiger partial charge on any atom is 0.110 e. The molecule has 0 saturated heterocycles. The first-order valence-electron chi connectivity index (χ1n) is 2.73. The van der Waals surface area contributed by atoms with Crippen LogP contribution in [0.25, 0.3) is 0 Å². The Kier molecular flexibility index (Phi) is 7.05. The predicted molar refractivity (Wildman–Crippen MR) is 53.7 cm³/mol. The highest BCUT2D eigenvalue weighted by Crippen LogP contribution is 2.11. The Morgan fingerprint density at radius 2 is 1.89 bits per heavy atom. The third kappa shape index (κ3) is 4.74. The van der Waals surface area contributed by atoms with E-state index in [0.29, 0.717) is 12.5 Å². The van der Waals surface area contributed by atoms with Gasteiger partial charge >= 0.3 is 0 Å². The first kappa shape index (κ1) is 10.4. The molecule has 4 heteroatoms. The Morgan fingerprint density at radius 1 is 1.33 bits per heavy atom. The van der Waals surface area contributed by atoms with Crippen molar-refractivity contribution < 1.29 is 6.13 Å². The molecular formula is C5H10I2O2. The molecule has 0 aromatic rings. The van der Waals surface area contributed by atoms with Crippen LogP contribution in [0.5, 0.6) is 0 Å². The largest absolute Gasteiger partial charge is 0.313 e. The lowest BCUT2D eigenvalue weighted by Crippen LogP contribution is -2.20. The molecule has 0 aromatic heterocycles. The van der Waals surface area contributed by atoms with Gasteiger partial charge in [0.2, 0.25) is 0 Å². The molecule has 56 valence electrons. The van der Waals surface area contributed by atoms with E-state index in [9.17, 15) is 0 Å². The second-order valence-corrected chi connectivity index (χ2v) is 3.28. The van der Waals surface area contributed by atoms with Crippen molar-refractivity contribution in [2.45, 2.75) is 20.0 Å². The third-order valence-electron chi connectivity index (χ3n) is 1.09. The zero-order valence-electron chi connectivity index (χ0n) is 5.43. The first-order chi connectivity index (χ1) is 4.22. The van der Waals surface area contributed by atoms with E-state index in [0.717, 1.165) is 0 Å². The molecule has 0 radical (unpaired) electrons. The van der Waals surface area contributed by atoms with Crippen LogP contribution in [0.1, 0.15) is 13.8 Å². The summed E-state index contributed by atoms with van der Waals surface area (Å²) in [7, 11) is 0. The van der Waals surface area contributed by atoms with Crippen molar-refractivity contribution in [3.8, 4) is 0 Å². The maximum absolute atomic E-state index is 5.09. The fourth-order valence-electron chi connectivity index (χ4n) is 0.383. The summed E-state index contributed by atoms with van der Waals surface area (Å²) in [6.07, 6.45) is 0.225. The summed E-state index contributed by atoms with van der Waals surface area (Å²) in [6, 6.07) is 0. The van der Waals surface area contributed by atoms with Gasteiger partial charge in [0.05, 0.1) is 12.7 Å². The molecular weight excluding hydrogens is 346 g/mol. The molecule has 0 aliphatic heterocycles. The standard InChI is InChI=1S/C5H10I2O2/c1-4(2)5(9-7)3-8-6/h4-5H,3H2,1-2H3/t5-/m1/s1. The van der Waals surface area contributed by atoms with Gasteiger partial charge in [-0.1, -0.05) is 13.8 Å². The summed E-state index contributed by atoms with van der Waals surface area (Å²) in [5.41, 5.74) is 0. The molecule has 0 aliphatic carbocycles. The molecule has 0 unspecified atom stereocenters. The second kappa shape index (κ2) is 6.11. The van der Waals surface area contributed by atoms with E-state index in [1.54, 1.807) is 0 Å². The Hall–Kier alpha value is 1.38. The van der Waals surface area contributed by atoms with Crippen LogP contribution in [-0.4, -0.2) is 12.7 Å². The lowest BCUT2D eigenvalue weighted by Gasteiger charge is -2.14. The van der Waals surface area contributed by atoms with Crippen molar-refractivity contribution in [2.24, 2.45) is 5.92 Å². The zero-order valence-corrected chi connectivity index (χ0v) is 9.75. The SMILES string of the molecule is CC(C)[C@@H](COI)OI. The van der Waals surface area contributed by atoms with E-state index in [1.165, 1.54) is 0 Å². The third-order valence-corrected chi connectivity index (χ3v) is 2.10. The van der Waals surface area contributed by atoms with Crippen molar-refractivity contribution in [2.75, 3.05) is 6.61 Å². The van der Waals surface area contributed by atoms with Gasteiger partial charge in [0.15, 0.2) is 0 Å². The summed E-state index contributed by atoms with van der Waals surface area (Å²) in [6.45, 7) is 4.89. The molecule has 0 spiro atoms. The van der Waals surface area contributed by atoms with E-state index < -0.39 is 0 Å². The van der Waals surface area contributed by atoms with Crippen molar-refractivity contribution in [1.29, 1.82) is 0 Å². The molecule has 1 atom stereocenters. The zero-order chi connectivity index (χ0) is 7.28. The lowest BCUT2D eigenvalue weighted by atomic mass is 10.1. The summed E-state index contributed by atoms with van der Waals surface area (Å²) < 4.78 is 9.99. The molecule has 0 N–H and O–H groups in total. The van der Waals surface area contributed by atoms with Gasteiger partial charge < -0.3 is 6.13 Å². The summed E-state index contributed by atoms with van der Waals surface area (Å²) >= 11 is 3.78. The second-order valence-electron chi connectivity index (χ2n) is 2.15. The number of hydrogen-bond donors (Lipinski definition) is 0. The highest BCUT2D eigenvalue weighted by Gasteiger charge is 2.11. The lowest BCUT2D eigenvalue weighted by molar-refractivity contribution is 0.158. The van der Waals surface area contributed by atoms with Gasteiger partial charge in [-0.05, 0) is 5.92 Å². The minimum Gasteiger partial charge on any atom is -0.313 e. The average Bonchev–Trinajstić information content (AvgIpc) is 1.82. The smallest absolute Gasteiger partial charge is 0.110 e. The monoisotopic (exact) mass is 356 g/mol. The number of rotatable bonds is 4. The molecule has 0 rings (SSSR count). The van der Waals surface area contributed by atoms with Gasteiger partial charge in [-0.2, -0.15) is 0 Å². The summed E-state index contributed by atoms with van der Waals surface area (Å²) in [4.78, 5) is 0. The van der Waals surface area contributed by atoms with Crippen LogP contribution in [0.3, 0.4) is 0 Å². The van der Waals surface area contributed by atoms with E-state index in [4.69, 9.17) is 6.13 Å². The van der Waals surface area contributed by atoms with Crippen molar-refractivity contribution in [3.63, 3.8) is 0 Å². The molecule has 0 amide bonds. The molecule has 0 saturated carbocycles. The minimum atomic E-state index is 0.225. The Bertz CT molecular complexity index is 68.0.